The van der Waals surface area contributed by atoms with Gasteiger partial charge in [-0.2, -0.15) is 0 Å². The fourth-order valence-corrected chi connectivity index (χ4v) is 3.34. The Labute approximate surface area is 198 Å². The molecule has 0 aliphatic heterocycles. The van der Waals surface area contributed by atoms with E-state index < -0.39 is 25.2 Å². The molecule has 0 spiro atoms. The van der Waals surface area contributed by atoms with Crippen LogP contribution in [-0.2, 0) is 33.9 Å². The fraction of sp³-hybridized carbons (Fsp3) is 0.200. The number of nitrogens with one attached hydrogen (secondary N) is 1. The summed E-state index contributed by atoms with van der Waals surface area (Å²) in [4.78, 5) is 24.8. The van der Waals surface area contributed by atoms with Gasteiger partial charge in [0.05, 0.1) is 7.11 Å². The van der Waals surface area contributed by atoms with Crippen LogP contribution >= 0.6 is 0 Å². The number of methoxy groups -OCH3 is 1. The predicted molar refractivity (Wildman–Crippen MR) is 126 cm³/mol. The van der Waals surface area contributed by atoms with Crippen molar-refractivity contribution in [3.63, 3.8) is 0 Å². The molecular weight excluding hydrogens is 437 g/mol. The van der Waals surface area contributed by atoms with Crippen LogP contribution in [0.3, 0.4) is 0 Å². The van der Waals surface area contributed by atoms with Gasteiger partial charge < -0.3 is 29.6 Å². The van der Waals surface area contributed by atoms with Crippen LogP contribution in [0.4, 0.5) is 4.79 Å². The minimum atomic E-state index is -1.79. The molecule has 1 atom stereocenters. The second-order valence-corrected chi connectivity index (χ2v) is 7.47. The summed E-state index contributed by atoms with van der Waals surface area (Å²) < 4.78 is 16.0. The highest BCUT2D eigenvalue weighted by Crippen LogP contribution is 2.20. The maximum absolute atomic E-state index is 12.4. The van der Waals surface area contributed by atoms with E-state index in [0.717, 1.165) is 11.1 Å². The van der Waals surface area contributed by atoms with Gasteiger partial charge in [0.2, 0.25) is 0 Å². The van der Waals surface area contributed by atoms with E-state index in [2.05, 4.69) is 5.32 Å². The summed E-state index contributed by atoms with van der Waals surface area (Å²) in [6.07, 6.45) is -0.804. The van der Waals surface area contributed by atoms with E-state index in [-0.39, 0.29) is 30.8 Å². The maximum atomic E-state index is 12.4. The summed E-state index contributed by atoms with van der Waals surface area (Å²) in [5, 5.41) is 22.2. The van der Waals surface area contributed by atoms with Crippen molar-refractivity contribution in [1.29, 1.82) is 0 Å². The van der Waals surface area contributed by atoms with Crippen molar-refractivity contribution in [3.8, 4) is 5.75 Å². The summed E-state index contributed by atoms with van der Waals surface area (Å²) >= 11 is 0. The maximum Gasteiger partial charge on any atom is 0.492 e. The van der Waals surface area contributed by atoms with Crippen LogP contribution < -0.4 is 15.5 Å². The first kappa shape index (κ1) is 24.8. The summed E-state index contributed by atoms with van der Waals surface area (Å²) in [6, 6.07) is 22.2. The minimum absolute atomic E-state index is 0.0161. The standard InChI is InChI=1S/C25H26BNO7/c1-32-24(28)22(27-25(29)34-17-19-11-6-3-7-12-19)15-20-13-8-14-21(26(30)31)23(20)33-16-18-9-4-2-5-10-18/h2-14,22,30-31H,15-17H2,1H3,(H,27,29)/t22-/m0/s1. The first-order valence-corrected chi connectivity index (χ1v) is 10.7. The van der Waals surface area contributed by atoms with E-state index in [1.807, 2.05) is 60.7 Å². The number of amides is 1. The molecule has 0 aromatic heterocycles. The number of ether oxygens (including phenoxy) is 3. The average Bonchev–Trinajstić information content (AvgIpc) is 2.86. The lowest BCUT2D eigenvalue weighted by Crippen LogP contribution is -2.43. The van der Waals surface area contributed by atoms with E-state index in [1.54, 1.807) is 12.1 Å². The molecule has 0 saturated heterocycles. The zero-order chi connectivity index (χ0) is 24.3. The number of carbonyl (C=O) groups excluding carboxylic acids is 2. The van der Waals surface area contributed by atoms with Gasteiger partial charge in [0.25, 0.3) is 0 Å². The van der Waals surface area contributed by atoms with Crippen molar-refractivity contribution in [2.45, 2.75) is 25.7 Å². The van der Waals surface area contributed by atoms with Crippen LogP contribution in [-0.4, -0.2) is 42.4 Å². The lowest BCUT2D eigenvalue weighted by atomic mass is 9.78. The van der Waals surface area contributed by atoms with Crippen molar-refractivity contribution in [2.24, 2.45) is 0 Å². The zero-order valence-corrected chi connectivity index (χ0v) is 18.7. The second kappa shape index (κ2) is 12.4. The summed E-state index contributed by atoms with van der Waals surface area (Å²) in [6.45, 7) is 0.213. The number of esters is 1. The quantitative estimate of drug-likeness (QED) is 0.311. The molecule has 3 N–H and O–H groups in total. The molecule has 3 aromatic carbocycles. The fourth-order valence-electron chi connectivity index (χ4n) is 3.34. The summed E-state index contributed by atoms with van der Waals surface area (Å²) in [5.74, 6) is -0.463. The third-order valence-corrected chi connectivity index (χ3v) is 5.05. The molecule has 3 rings (SSSR count). The second-order valence-electron chi connectivity index (χ2n) is 7.47. The molecular formula is C25H26BNO7. The zero-order valence-electron chi connectivity index (χ0n) is 18.7. The number of hydrogen-bond acceptors (Lipinski definition) is 7. The molecule has 176 valence electrons. The largest absolute Gasteiger partial charge is 0.492 e. The third-order valence-electron chi connectivity index (χ3n) is 5.05. The van der Waals surface area contributed by atoms with Gasteiger partial charge in [0.15, 0.2) is 0 Å². The van der Waals surface area contributed by atoms with E-state index in [4.69, 9.17) is 14.2 Å². The number of para-hydroxylation sites is 1. The van der Waals surface area contributed by atoms with E-state index in [0.29, 0.717) is 5.56 Å². The Balaban J connectivity index is 1.76. The molecule has 0 aliphatic rings. The third kappa shape index (κ3) is 7.09. The lowest BCUT2D eigenvalue weighted by Gasteiger charge is -2.20. The smallest absolute Gasteiger partial charge is 0.489 e. The van der Waals surface area contributed by atoms with Gasteiger partial charge in [-0.3, -0.25) is 0 Å². The SMILES string of the molecule is COC(=O)[C@H](Cc1cccc(B(O)O)c1OCc1ccccc1)NC(=O)OCc1ccccc1. The number of rotatable bonds is 10. The highest BCUT2D eigenvalue weighted by molar-refractivity contribution is 6.59. The van der Waals surface area contributed by atoms with Gasteiger partial charge >= 0.3 is 19.2 Å². The Bertz CT molecular complexity index is 1080. The van der Waals surface area contributed by atoms with Crippen LogP contribution in [0.25, 0.3) is 0 Å². The Morgan fingerprint density at radius 2 is 1.50 bits per heavy atom. The highest BCUT2D eigenvalue weighted by Gasteiger charge is 2.27. The molecule has 8 nitrogen and oxygen atoms in total. The average molecular weight is 463 g/mol. The Morgan fingerprint density at radius 3 is 2.09 bits per heavy atom. The van der Waals surface area contributed by atoms with E-state index in [1.165, 1.54) is 13.2 Å². The first-order chi connectivity index (χ1) is 16.5. The van der Waals surface area contributed by atoms with Crippen LogP contribution in [0.1, 0.15) is 16.7 Å². The van der Waals surface area contributed by atoms with E-state index >= 15 is 0 Å². The molecule has 0 saturated carbocycles. The lowest BCUT2D eigenvalue weighted by molar-refractivity contribution is -0.143. The van der Waals surface area contributed by atoms with Crippen molar-refractivity contribution >= 4 is 24.6 Å². The van der Waals surface area contributed by atoms with Crippen LogP contribution in [0.2, 0.25) is 0 Å². The molecule has 0 fully saturated rings. The molecule has 9 heteroatoms. The molecule has 0 aliphatic carbocycles. The topological polar surface area (TPSA) is 114 Å². The monoisotopic (exact) mass is 463 g/mol. The van der Waals surface area contributed by atoms with Crippen molar-refractivity contribution in [1.82, 2.24) is 5.32 Å². The van der Waals surface area contributed by atoms with Gasteiger partial charge in [0, 0.05) is 11.9 Å². The van der Waals surface area contributed by atoms with Crippen LogP contribution in [0, 0.1) is 0 Å². The number of hydrogen-bond donors (Lipinski definition) is 3. The Hall–Kier alpha value is -3.82. The van der Waals surface area contributed by atoms with Crippen molar-refractivity contribution < 1.29 is 33.8 Å². The normalized spacial score (nSPS) is 11.3. The predicted octanol–water partition coefficient (Wildman–Crippen LogP) is 1.96. The van der Waals surface area contributed by atoms with Crippen LogP contribution in [0.5, 0.6) is 5.75 Å². The molecule has 3 aromatic rings. The van der Waals surface area contributed by atoms with Crippen molar-refractivity contribution in [3.05, 3.63) is 95.6 Å². The molecule has 0 heterocycles. The molecule has 34 heavy (non-hydrogen) atoms. The Kier molecular flexibility index (Phi) is 9.08. The molecule has 0 unspecified atom stereocenters. The summed E-state index contributed by atoms with van der Waals surface area (Å²) in [5.41, 5.74) is 2.31. The van der Waals surface area contributed by atoms with Gasteiger partial charge in [-0.05, 0) is 16.7 Å². The van der Waals surface area contributed by atoms with Gasteiger partial charge in [-0.15, -0.1) is 0 Å². The van der Waals surface area contributed by atoms with Gasteiger partial charge in [-0.25, -0.2) is 9.59 Å². The molecule has 1 amide bonds. The minimum Gasteiger partial charge on any atom is -0.489 e. The van der Waals surface area contributed by atoms with Crippen LogP contribution in [0.15, 0.2) is 78.9 Å². The first-order valence-electron chi connectivity index (χ1n) is 10.7. The number of benzene rings is 3. The van der Waals surface area contributed by atoms with Gasteiger partial charge in [0.1, 0.15) is 25.0 Å². The Morgan fingerprint density at radius 1 is 0.882 bits per heavy atom. The molecule has 0 bridgehead atoms. The number of carbonyl (C=O) groups is 2. The highest BCUT2D eigenvalue weighted by atomic mass is 16.6. The number of alkyl carbamates (subject to hydrolysis) is 1. The summed E-state index contributed by atoms with van der Waals surface area (Å²) in [7, 11) is -0.571. The van der Waals surface area contributed by atoms with Gasteiger partial charge in [-0.1, -0.05) is 78.9 Å². The van der Waals surface area contributed by atoms with E-state index in [9.17, 15) is 19.6 Å². The van der Waals surface area contributed by atoms with Crippen molar-refractivity contribution in [2.75, 3.05) is 7.11 Å². The molecule has 0 radical (unpaired) electrons.